The Morgan fingerprint density at radius 3 is 2.77 bits per heavy atom. The van der Waals surface area contributed by atoms with Crippen LogP contribution in [0.4, 0.5) is 5.69 Å². The number of nitrogens with zero attached hydrogens (tertiary/aromatic N) is 4. The lowest BCUT2D eigenvalue weighted by Crippen LogP contribution is -2.47. The molecule has 0 saturated carbocycles. The second kappa shape index (κ2) is 9.54. The average Bonchev–Trinajstić information content (AvgIpc) is 3.28. The smallest absolute Gasteiger partial charge is 0.273 e. The molecule has 1 saturated heterocycles. The summed E-state index contributed by atoms with van der Waals surface area (Å²) in [7, 11) is 0. The van der Waals surface area contributed by atoms with Crippen LogP contribution in [-0.2, 0) is 0 Å². The Kier molecular flexibility index (Phi) is 6.39. The molecule has 1 aliphatic rings. The van der Waals surface area contributed by atoms with Gasteiger partial charge in [0.05, 0.1) is 0 Å². The molecule has 7 heteroatoms. The predicted octanol–water partition coefficient (Wildman–Crippen LogP) is 2.99. The second-order valence-electron chi connectivity index (χ2n) is 7.60. The molecule has 2 aromatic heterocycles. The summed E-state index contributed by atoms with van der Waals surface area (Å²) < 4.78 is 5.26. The zero-order valence-corrected chi connectivity index (χ0v) is 17.3. The number of hydrogen-bond donors (Lipinski definition) is 1. The minimum absolute atomic E-state index is 0.210. The number of carbonyl (C=O) groups excluding carboxylic acids is 1. The van der Waals surface area contributed by atoms with Gasteiger partial charge in [-0.2, -0.15) is 0 Å². The maximum atomic E-state index is 12.3. The monoisotopic (exact) mass is 405 g/mol. The Labute approximate surface area is 176 Å². The van der Waals surface area contributed by atoms with Gasteiger partial charge in [0.2, 0.25) is 0 Å². The number of amides is 1. The molecule has 3 heterocycles. The number of benzene rings is 1. The van der Waals surface area contributed by atoms with E-state index >= 15 is 0 Å². The molecule has 0 aliphatic carbocycles. The van der Waals surface area contributed by atoms with Crippen LogP contribution in [0.15, 0.2) is 59.4 Å². The van der Waals surface area contributed by atoms with E-state index in [9.17, 15) is 4.79 Å². The van der Waals surface area contributed by atoms with Gasteiger partial charge in [0.25, 0.3) is 5.91 Å². The van der Waals surface area contributed by atoms with Crippen LogP contribution in [0.1, 0.15) is 22.5 Å². The Hall–Kier alpha value is -3.19. The van der Waals surface area contributed by atoms with Crippen molar-refractivity contribution in [3.8, 4) is 11.3 Å². The van der Waals surface area contributed by atoms with Crippen molar-refractivity contribution in [2.75, 3.05) is 44.2 Å². The molecule has 0 radical (unpaired) electrons. The number of aryl methyl sites for hydroxylation is 1. The van der Waals surface area contributed by atoms with E-state index in [1.807, 2.05) is 12.1 Å². The van der Waals surface area contributed by atoms with Gasteiger partial charge in [-0.1, -0.05) is 17.3 Å². The Morgan fingerprint density at radius 2 is 2.00 bits per heavy atom. The molecule has 3 aromatic rings. The molecule has 30 heavy (non-hydrogen) atoms. The van der Waals surface area contributed by atoms with Gasteiger partial charge in [0, 0.05) is 62.4 Å². The molecule has 0 bridgehead atoms. The maximum Gasteiger partial charge on any atom is 0.273 e. The van der Waals surface area contributed by atoms with Crippen molar-refractivity contribution < 1.29 is 9.32 Å². The lowest BCUT2D eigenvalue weighted by molar-refractivity contribution is 0.0942. The number of rotatable bonds is 7. The lowest BCUT2D eigenvalue weighted by atomic mass is 10.2. The van der Waals surface area contributed by atoms with Crippen molar-refractivity contribution in [2.45, 2.75) is 13.3 Å². The molecule has 1 aromatic carbocycles. The number of anilines is 1. The van der Waals surface area contributed by atoms with Gasteiger partial charge >= 0.3 is 0 Å². The Morgan fingerprint density at radius 1 is 1.13 bits per heavy atom. The van der Waals surface area contributed by atoms with Gasteiger partial charge in [-0.15, -0.1) is 0 Å². The van der Waals surface area contributed by atoms with Gasteiger partial charge in [0.1, 0.15) is 0 Å². The SMILES string of the molecule is Cc1cccc(N2CCN(CCCNC(=O)c3cc(-c4cccnc4)on3)CC2)c1. The van der Waals surface area contributed by atoms with Crippen molar-refractivity contribution in [3.63, 3.8) is 0 Å². The minimum atomic E-state index is -0.210. The summed E-state index contributed by atoms with van der Waals surface area (Å²) >= 11 is 0. The summed E-state index contributed by atoms with van der Waals surface area (Å²) in [6, 6.07) is 14.0. The highest BCUT2D eigenvalue weighted by atomic mass is 16.5. The summed E-state index contributed by atoms with van der Waals surface area (Å²) in [5.41, 5.74) is 3.69. The summed E-state index contributed by atoms with van der Waals surface area (Å²) in [6.07, 6.45) is 4.28. The highest BCUT2D eigenvalue weighted by molar-refractivity contribution is 5.93. The first-order chi connectivity index (χ1) is 14.7. The van der Waals surface area contributed by atoms with Gasteiger partial charge in [-0.25, -0.2) is 0 Å². The van der Waals surface area contributed by atoms with Crippen LogP contribution in [0.2, 0.25) is 0 Å². The normalized spacial score (nSPS) is 14.6. The Balaban J connectivity index is 1.17. The summed E-state index contributed by atoms with van der Waals surface area (Å²) in [5, 5.41) is 6.80. The van der Waals surface area contributed by atoms with E-state index in [0.29, 0.717) is 18.0 Å². The first kappa shape index (κ1) is 20.1. The largest absolute Gasteiger partial charge is 0.369 e. The number of pyridine rings is 1. The fourth-order valence-electron chi connectivity index (χ4n) is 3.68. The van der Waals surface area contributed by atoms with E-state index in [-0.39, 0.29) is 5.91 Å². The van der Waals surface area contributed by atoms with Crippen molar-refractivity contribution in [2.24, 2.45) is 0 Å². The van der Waals surface area contributed by atoms with Crippen LogP contribution in [0.5, 0.6) is 0 Å². The standard InChI is InChI=1S/C23H27N5O2/c1-18-5-2-7-20(15-18)28-13-11-27(12-14-28)10-4-9-25-23(29)21-16-22(30-26-21)19-6-3-8-24-17-19/h2-3,5-8,15-17H,4,9-14H2,1H3,(H,25,29). The molecular weight excluding hydrogens is 378 g/mol. The van der Waals surface area contributed by atoms with Crippen LogP contribution >= 0.6 is 0 Å². The number of hydrogen-bond acceptors (Lipinski definition) is 6. The van der Waals surface area contributed by atoms with Gasteiger partial charge in [-0.3, -0.25) is 14.7 Å². The van der Waals surface area contributed by atoms with E-state index in [0.717, 1.165) is 44.7 Å². The molecule has 0 spiro atoms. The topological polar surface area (TPSA) is 74.5 Å². The molecule has 1 aliphatic heterocycles. The first-order valence-corrected chi connectivity index (χ1v) is 10.4. The zero-order valence-electron chi connectivity index (χ0n) is 17.3. The summed E-state index contributed by atoms with van der Waals surface area (Å²) in [4.78, 5) is 21.2. The highest BCUT2D eigenvalue weighted by Crippen LogP contribution is 2.19. The van der Waals surface area contributed by atoms with Gasteiger partial charge in [0.15, 0.2) is 11.5 Å². The molecular formula is C23H27N5O2. The van der Waals surface area contributed by atoms with Crippen LogP contribution < -0.4 is 10.2 Å². The molecule has 156 valence electrons. The van der Waals surface area contributed by atoms with E-state index in [2.05, 4.69) is 56.4 Å². The third kappa shape index (κ3) is 5.04. The molecule has 1 fully saturated rings. The van der Waals surface area contributed by atoms with Crippen LogP contribution in [0.3, 0.4) is 0 Å². The van der Waals surface area contributed by atoms with Crippen molar-refractivity contribution in [1.29, 1.82) is 0 Å². The summed E-state index contributed by atoms with van der Waals surface area (Å²) in [6.45, 7) is 7.87. The number of aromatic nitrogens is 2. The van der Waals surface area contributed by atoms with Crippen LogP contribution in [0.25, 0.3) is 11.3 Å². The van der Waals surface area contributed by atoms with Crippen molar-refractivity contribution in [3.05, 3.63) is 66.1 Å². The Bertz CT molecular complexity index is 964. The zero-order chi connectivity index (χ0) is 20.8. The molecule has 0 atom stereocenters. The maximum absolute atomic E-state index is 12.3. The van der Waals surface area contributed by atoms with Crippen molar-refractivity contribution in [1.82, 2.24) is 20.4 Å². The van der Waals surface area contributed by atoms with Crippen molar-refractivity contribution >= 4 is 11.6 Å². The first-order valence-electron chi connectivity index (χ1n) is 10.4. The quantitative estimate of drug-likeness (QED) is 0.609. The fraction of sp³-hybridized carbons (Fsp3) is 0.348. The molecule has 4 rings (SSSR count). The molecule has 1 amide bonds. The van der Waals surface area contributed by atoms with E-state index < -0.39 is 0 Å². The van der Waals surface area contributed by atoms with Gasteiger partial charge < -0.3 is 14.7 Å². The number of carbonyl (C=O) groups is 1. The average molecular weight is 406 g/mol. The van der Waals surface area contributed by atoms with Crippen LogP contribution in [0, 0.1) is 6.92 Å². The minimum Gasteiger partial charge on any atom is -0.369 e. The van der Waals surface area contributed by atoms with E-state index in [1.54, 1.807) is 18.5 Å². The second-order valence-corrected chi connectivity index (χ2v) is 7.60. The van der Waals surface area contributed by atoms with E-state index in [1.165, 1.54) is 11.3 Å². The third-order valence-electron chi connectivity index (χ3n) is 5.36. The molecule has 0 unspecified atom stereocenters. The number of nitrogens with one attached hydrogen (secondary N) is 1. The predicted molar refractivity (Wildman–Crippen MR) is 117 cm³/mol. The molecule has 7 nitrogen and oxygen atoms in total. The summed E-state index contributed by atoms with van der Waals surface area (Å²) in [5.74, 6) is 0.331. The van der Waals surface area contributed by atoms with E-state index in [4.69, 9.17) is 4.52 Å². The number of piperazine rings is 1. The molecule has 1 N–H and O–H groups in total. The lowest BCUT2D eigenvalue weighted by Gasteiger charge is -2.36. The van der Waals surface area contributed by atoms with Crippen LogP contribution in [-0.4, -0.2) is 60.2 Å². The van der Waals surface area contributed by atoms with Gasteiger partial charge in [-0.05, 0) is 49.7 Å². The third-order valence-corrected chi connectivity index (χ3v) is 5.36. The fourth-order valence-corrected chi connectivity index (χ4v) is 3.68. The highest BCUT2D eigenvalue weighted by Gasteiger charge is 2.17.